The summed E-state index contributed by atoms with van der Waals surface area (Å²) in [6.07, 6.45) is 8.90. The molecule has 0 amide bonds. The van der Waals surface area contributed by atoms with Crippen LogP contribution in [0.5, 0.6) is 0 Å². The predicted octanol–water partition coefficient (Wildman–Crippen LogP) is 8.46. The van der Waals surface area contributed by atoms with Crippen molar-refractivity contribution in [1.29, 1.82) is 0 Å². The maximum Gasteiger partial charge on any atom is 0.0348 e. The van der Waals surface area contributed by atoms with Gasteiger partial charge in [-0.3, -0.25) is 0 Å². The molecule has 0 N–H and O–H groups in total. The minimum absolute atomic E-state index is 1.23. The number of thiophene rings is 2. The van der Waals surface area contributed by atoms with Crippen molar-refractivity contribution in [1.82, 2.24) is 0 Å². The van der Waals surface area contributed by atoms with Crippen molar-refractivity contribution in [3.8, 4) is 0 Å². The first-order chi connectivity index (χ1) is 13.9. The summed E-state index contributed by atoms with van der Waals surface area (Å²) in [6, 6.07) is 25.7. The number of fused-ring (bicyclic) bond motifs is 2. The lowest BCUT2D eigenvalue weighted by atomic mass is 10.0. The molecule has 0 spiro atoms. The van der Waals surface area contributed by atoms with Gasteiger partial charge in [0, 0.05) is 9.40 Å². The van der Waals surface area contributed by atoms with Gasteiger partial charge in [-0.2, -0.15) is 0 Å². The van der Waals surface area contributed by atoms with Gasteiger partial charge in [-0.25, -0.2) is 0 Å². The lowest BCUT2D eigenvalue weighted by Gasteiger charge is -2.01. The highest BCUT2D eigenvalue weighted by atomic mass is 32.1. The van der Waals surface area contributed by atoms with Gasteiger partial charge in [0.25, 0.3) is 0 Å². The Balaban J connectivity index is 1.47. The van der Waals surface area contributed by atoms with Crippen LogP contribution in [-0.2, 0) is 0 Å². The van der Waals surface area contributed by atoms with E-state index < -0.39 is 0 Å². The second-order valence-electron chi connectivity index (χ2n) is 6.67. The molecule has 0 fully saturated rings. The van der Waals surface area contributed by atoms with Crippen LogP contribution in [0.15, 0.2) is 83.6 Å². The van der Waals surface area contributed by atoms with Crippen LogP contribution in [0.3, 0.4) is 0 Å². The second-order valence-corrected chi connectivity index (χ2v) is 8.49. The van der Waals surface area contributed by atoms with Gasteiger partial charge in [-0.15, -0.1) is 22.7 Å². The van der Waals surface area contributed by atoms with E-state index in [0.29, 0.717) is 0 Å². The lowest BCUT2D eigenvalue weighted by molar-refractivity contribution is 1.62. The molecule has 0 aliphatic heterocycles. The van der Waals surface area contributed by atoms with Crippen molar-refractivity contribution in [3.05, 3.63) is 106 Å². The van der Waals surface area contributed by atoms with Gasteiger partial charge in [-0.1, -0.05) is 85.0 Å². The Hall–Kier alpha value is -2.94. The molecule has 0 saturated carbocycles. The molecule has 0 bridgehead atoms. The van der Waals surface area contributed by atoms with Crippen LogP contribution < -0.4 is 0 Å². The molecular formula is C26H18S2. The van der Waals surface area contributed by atoms with Gasteiger partial charge in [0.2, 0.25) is 0 Å². The largest absolute Gasteiger partial charge is 0.143 e. The van der Waals surface area contributed by atoms with E-state index in [1.807, 2.05) is 0 Å². The first kappa shape index (κ1) is 17.2. The molecule has 2 heteroatoms. The molecule has 0 saturated heterocycles. The molecular weight excluding hydrogens is 376 g/mol. The molecule has 2 heterocycles. The van der Waals surface area contributed by atoms with E-state index in [9.17, 15) is 0 Å². The zero-order valence-corrected chi connectivity index (χ0v) is 16.8. The van der Waals surface area contributed by atoms with Crippen LogP contribution in [0.2, 0.25) is 0 Å². The van der Waals surface area contributed by atoms with Crippen LogP contribution in [0.4, 0.5) is 0 Å². The minimum Gasteiger partial charge on any atom is -0.143 e. The summed E-state index contributed by atoms with van der Waals surface area (Å²) in [7, 11) is 0. The molecule has 3 aromatic carbocycles. The van der Waals surface area contributed by atoms with Crippen molar-refractivity contribution in [2.75, 3.05) is 0 Å². The lowest BCUT2D eigenvalue weighted by Crippen LogP contribution is -1.79. The molecule has 0 radical (unpaired) electrons. The maximum atomic E-state index is 2.23. The van der Waals surface area contributed by atoms with Gasteiger partial charge in [0.1, 0.15) is 0 Å². The second kappa shape index (κ2) is 7.59. The van der Waals surface area contributed by atoms with E-state index >= 15 is 0 Å². The summed E-state index contributed by atoms with van der Waals surface area (Å²) in [5, 5.41) is 7.11. The van der Waals surface area contributed by atoms with Crippen LogP contribution in [0.25, 0.3) is 44.5 Å². The first-order valence-electron chi connectivity index (χ1n) is 9.26. The summed E-state index contributed by atoms with van der Waals surface area (Å²) in [5.74, 6) is 0. The van der Waals surface area contributed by atoms with E-state index in [1.54, 1.807) is 22.7 Å². The Morgan fingerprint density at radius 1 is 0.429 bits per heavy atom. The van der Waals surface area contributed by atoms with Crippen molar-refractivity contribution in [3.63, 3.8) is 0 Å². The fourth-order valence-electron chi connectivity index (χ4n) is 3.43. The highest BCUT2D eigenvalue weighted by molar-refractivity contribution is 7.17. The fraction of sp³-hybridized carbons (Fsp3) is 0. The fourth-order valence-corrected chi connectivity index (χ4v) is 5.29. The van der Waals surface area contributed by atoms with Crippen LogP contribution >= 0.6 is 22.7 Å². The van der Waals surface area contributed by atoms with Gasteiger partial charge in [0.15, 0.2) is 0 Å². The normalized spacial score (nSPS) is 12.0. The standard InChI is InChI=1S/C26H18S2/c1-2-8-20(14-16-22-18-28-26-12-6-4-10-24(22)26)19(7-1)13-15-21-17-27-25-11-5-3-9-23(21)25/h1-18H/b15-13+,16-14+. The molecule has 0 aliphatic carbocycles. The Morgan fingerprint density at radius 3 is 1.32 bits per heavy atom. The summed E-state index contributed by atoms with van der Waals surface area (Å²) in [4.78, 5) is 0. The summed E-state index contributed by atoms with van der Waals surface area (Å²) >= 11 is 3.60. The Kier molecular flexibility index (Phi) is 4.66. The minimum atomic E-state index is 1.23. The van der Waals surface area contributed by atoms with E-state index in [2.05, 4.69) is 108 Å². The average Bonchev–Trinajstić information content (AvgIpc) is 3.35. The highest BCUT2D eigenvalue weighted by Gasteiger charge is 2.02. The van der Waals surface area contributed by atoms with Crippen LogP contribution in [0.1, 0.15) is 22.3 Å². The number of hydrogen-bond donors (Lipinski definition) is 0. The maximum absolute atomic E-state index is 2.23. The molecule has 5 aromatic rings. The molecule has 0 aliphatic rings. The molecule has 134 valence electrons. The Morgan fingerprint density at radius 2 is 0.821 bits per heavy atom. The summed E-state index contributed by atoms with van der Waals surface area (Å²) in [5.41, 5.74) is 5.02. The van der Waals surface area contributed by atoms with E-state index in [0.717, 1.165) is 0 Å². The third-order valence-electron chi connectivity index (χ3n) is 4.90. The van der Waals surface area contributed by atoms with Gasteiger partial charge < -0.3 is 0 Å². The Labute approximate surface area is 172 Å². The quantitative estimate of drug-likeness (QED) is 0.287. The molecule has 0 atom stereocenters. The topological polar surface area (TPSA) is 0 Å². The first-order valence-corrected chi connectivity index (χ1v) is 11.0. The van der Waals surface area contributed by atoms with E-state index in [-0.39, 0.29) is 0 Å². The monoisotopic (exact) mass is 394 g/mol. The SMILES string of the molecule is C(=C\c1csc2ccccc12)/c1ccccc1/C=C/c1csc2ccccc12. The molecule has 0 unspecified atom stereocenters. The molecule has 0 nitrogen and oxygen atoms in total. The van der Waals surface area contributed by atoms with Crippen molar-refractivity contribution >= 4 is 67.1 Å². The summed E-state index contributed by atoms with van der Waals surface area (Å²) in [6.45, 7) is 0. The van der Waals surface area contributed by atoms with Crippen molar-refractivity contribution in [2.24, 2.45) is 0 Å². The number of rotatable bonds is 4. The van der Waals surface area contributed by atoms with E-state index in [1.165, 1.54) is 42.4 Å². The van der Waals surface area contributed by atoms with Gasteiger partial charge in [0.05, 0.1) is 0 Å². The van der Waals surface area contributed by atoms with Crippen molar-refractivity contribution < 1.29 is 0 Å². The molecule has 5 rings (SSSR count). The summed E-state index contributed by atoms with van der Waals surface area (Å²) < 4.78 is 2.67. The molecule has 2 aromatic heterocycles. The van der Waals surface area contributed by atoms with Crippen LogP contribution in [-0.4, -0.2) is 0 Å². The van der Waals surface area contributed by atoms with Crippen LogP contribution in [0, 0.1) is 0 Å². The third kappa shape index (κ3) is 3.33. The molecule has 28 heavy (non-hydrogen) atoms. The average molecular weight is 395 g/mol. The number of benzene rings is 3. The number of hydrogen-bond acceptors (Lipinski definition) is 2. The van der Waals surface area contributed by atoms with Crippen molar-refractivity contribution in [2.45, 2.75) is 0 Å². The predicted molar refractivity (Wildman–Crippen MR) is 128 cm³/mol. The van der Waals surface area contributed by atoms with E-state index in [4.69, 9.17) is 0 Å². The highest BCUT2D eigenvalue weighted by Crippen LogP contribution is 2.29. The third-order valence-corrected chi connectivity index (χ3v) is 6.87. The zero-order chi connectivity index (χ0) is 18.8. The smallest absolute Gasteiger partial charge is 0.0348 e. The van der Waals surface area contributed by atoms with Gasteiger partial charge >= 0.3 is 0 Å². The Bertz CT molecular complexity index is 1210. The van der Waals surface area contributed by atoms with Gasteiger partial charge in [-0.05, 0) is 55.9 Å². The zero-order valence-electron chi connectivity index (χ0n) is 15.2.